The van der Waals surface area contributed by atoms with Gasteiger partial charge in [0.05, 0.1) is 0 Å². The topological polar surface area (TPSA) is 55.1 Å². The quantitative estimate of drug-likeness (QED) is 0.820. The summed E-state index contributed by atoms with van der Waals surface area (Å²) in [5.74, 6) is 1.31. The molecule has 0 saturated heterocycles. The molecule has 0 spiro atoms. The maximum atomic E-state index is 12.3. The number of benzene rings is 1. The summed E-state index contributed by atoms with van der Waals surface area (Å²) >= 11 is 0. The third-order valence-electron chi connectivity index (χ3n) is 4.43. The summed E-state index contributed by atoms with van der Waals surface area (Å²) in [7, 11) is 0. The molecule has 0 aliphatic heterocycles. The average Bonchev–Trinajstić information content (AvgIpc) is 2.69. The molecule has 2 rings (SSSR count). The van der Waals surface area contributed by atoms with E-state index < -0.39 is 0 Å². The number of hydrogen-bond acceptors (Lipinski definition) is 2. The standard InChI is InChI=1S/C16H24N2O/c1-4-12-5-6-15(11(12)3)18-16(19)13-7-10(2)8-14(17)9-13/h7-9,11-12,15H,4-6,17H2,1-3H3,(H,18,19). The van der Waals surface area contributed by atoms with Gasteiger partial charge in [-0.2, -0.15) is 0 Å². The first-order chi connectivity index (χ1) is 9.01. The molecule has 1 saturated carbocycles. The fourth-order valence-electron chi connectivity index (χ4n) is 3.22. The maximum Gasteiger partial charge on any atom is 0.251 e. The molecule has 1 amide bonds. The number of nitrogen functional groups attached to an aromatic ring is 1. The summed E-state index contributed by atoms with van der Waals surface area (Å²) in [4.78, 5) is 12.3. The van der Waals surface area contributed by atoms with Crippen LogP contribution in [0.2, 0.25) is 0 Å². The zero-order valence-corrected chi connectivity index (χ0v) is 12.1. The molecule has 1 aromatic rings. The van der Waals surface area contributed by atoms with Gasteiger partial charge < -0.3 is 11.1 Å². The molecule has 1 aromatic carbocycles. The minimum atomic E-state index is 0.00371. The Hall–Kier alpha value is -1.51. The molecule has 1 aliphatic rings. The number of carbonyl (C=O) groups excluding carboxylic acids is 1. The normalized spacial score (nSPS) is 26.4. The molecule has 1 aliphatic carbocycles. The summed E-state index contributed by atoms with van der Waals surface area (Å²) in [6.45, 7) is 6.43. The van der Waals surface area contributed by atoms with E-state index in [0.717, 1.165) is 17.9 Å². The number of hydrogen-bond donors (Lipinski definition) is 2. The van der Waals surface area contributed by atoms with Gasteiger partial charge in [-0.25, -0.2) is 0 Å². The summed E-state index contributed by atoms with van der Waals surface area (Å²) in [6, 6.07) is 5.82. The van der Waals surface area contributed by atoms with E-state index in [0.29, 0.717) is 23.2 Å². The Balaban J connectivity index is 2.05. The highest BCUT2D eigenvalue weighted by atomic mass is 16.1. The van der Waals surface area contributed by atoms with E-state index in [2.05, 4.69) is 19.2 Å². The van der Waals surface area contributed by atoms with Crippen LogP contribution < -0.4 is 11.1 Å². The molecule has 0 radical (unpaired) electrons. The lowest BCUT2D eigenvalue weighted by Crippen LogP contribution is -2.37. The lowest BCUT2D eigenvalue weighted by molar-refractivity contribution is 0.0926. The molecule has 19 heavy (non-hydrogen) atoms. The van der Waals surface area contributed by atoms with Crippen LogP contribution in [-0.4, -0.2) is 11.9 Å². The highest BCUT2D eigenvalue weighted by molar-refractivity contribution is 5.95. The average molecular weight is 260 g/mol. The molecular weight excluding hydrogens is 236 g/mol. The number of nitrogens with one attached hydrogen (secondary N) is 1. The van der Waals surface area contributed by atoms with Crippen molar-refractivity contribution in [2.24, 2.45) is 11.8 Å². The van der Waals surface area contributed by atoms with Crippen molar-refractivity contribution < 1.29 is 4.79 Å². The molecule has 104 valence electrons. The van der Waals surface area contributed by atoms with Crippen molar-refractivity contribution >= 4 is 11.6 Å². The van der Waals surface area contributed by atoms with Gasteiger partial charge in [-0.1, -0.05) is 20.3 Å². The van der Waals surface area contributed by atoms with Crippen molar-refractivity contribution in [1.29, 1.82) is 0 Å². The van der Waals surface area contributed by atoms with E-state index in [-0.39, 0.29) is 5.91 Å². The first-order valence-corrected chi connectivity index (χ1v) is 7.19. The highest BCUT2D eigenvalue weighted by Gasteiger charge is 2.32. The second kappa shape index (κ2) is 5.64. The van der Waals surface area contributed by atoms with E-state index >= 15 is 0 Å². The first-order valence-electron chi connectivity index (χ1n) is 7.19. The van der Waals surface area contributed by atoms with Crippen LogP contribution >= 0.6 is 0 Å². The Morgan fingerprint density at radius 2 is 2.11 bits per heavy atom. The summed E-state index contributed by atoms with van der Waals surface area (Å²) in [5.41, 5.74) is 8.14. The second-order valence-corrected chi connectivity index (χ2v) is 5.82. The van der Waals surface area contributed by atoms with E-state index in [1.807, 2.05) is 19.1 Å². The van der Waals surface area contributed by atoms with Crippen molar-refractivity contribution in [3.63, 3.8) is 0 Å². The minimum Gasteiger partial charge on any atom is -0.399 e. The van der Waals surface area contributed by atoms with Crippen LogP contribution in [0, 0.1) is 18.8 Å². The third kappa shape index (κ3) is 3.09. The van der Waals surface area contributed by atoms with Crippen LogP contribution in [0.4, 0.5) is 5.69 Å². The first kappa shape index (κ1) is 13.9. The fraction of sp³-hybridized carbons (Fsp3) is 0.562. The Bertz CT molecular complexity index is 450. The molecule has 3 unspecified atom stereocenters. The zero-order valence-electron chi connectivity index (χ0n) is 12.1. The smallest absolute Gasteiger partial charge is 0.251 e. The van der Waals surface area contributed by atoms with Crippen molar-refractivity contribution in [1.82, 2.24) is 5.32 Å². The number of rotatable bonds is 3. The van der Waals surface area contributed by atoms with Crippen LogP contribution in [0.25, 0.3) is 0 Å². The van der Waals surface area contributed by atoms with E-state index in [9.17, 15) is 4.79 Å². The molecule has 3 N–H and O–H groups in total. The molecular formula is C16H24N2O. The number of carbonyl (C=O) groups is 1. The molecule has 0 aromatic heterocycles. The number of amides is 1. The molecule has 1 fully saturated rings. The van der Waals surface area contributed by atoms with Crippen molar-refractivity contribution in [3.8, 4) is 0 Å². The predicted molar refractivity (Wildman–Crippen MR) is 79.0 cm³/mol. The van der Waals surface area contributed by atoms with Gasteiger partial charge in [0.2, 0.25) is 0 Å². The lowest BCUT2D eigenvalue weighted by atomic mass is 9.93. The molecule has 3 atom stereocenters. The summed E-state index contributed by atoms with van der Waals surface area (Å²) in [5, 5.41) is 3.17. The summed E-state index contributed by atoms with van der Waals surface area (Å²) in [6.07, 6.45) is 3.51. The van der Waals surface area contributed by atoms with Gasteiger partial charge in [0.15, 0.2) is 0 Å². The van der Waals surface area contributed by atoms with E-state index in [4.69, 9.17) is 5.73 Å². The van der Waals surface area contributed by atoms with Crippen LogP contribution in [0.3, 0.4) is 0 Å². The van der Waals surface area contributed by atoms with Crippen LogP contribution in [-0.2, 0) is 0 Å². The molecule has 3 nitrogen and oxygen atoms in total. The van der Waals surface area contributed by atoms with Gasteiger partial charge in [0, 0.05) is 17.3 Å². The Kier molecular flexibility index (Phi) is 4.13. The monoisotopic (exact) mass is 260 g/mol. The Morgan fingerprint density at radius 3 is 2.68 bits per heavy atom. The summed E-state index contributed by atoms with van der Waals surface area (Å²) < 4.78 is 0. The van der Waals surface area contributed by atoms with Crippen LogP contribution in [0.1, 0.15) is 49.0 Å². The van der Waals surface area contributed by atoms with Gasteiger partial charge in [0.25, 0.3) is 5.91 Å². The van der Waals surface area contributed by atoms with Gasteiger partial charge in [-0.3, -0.25) is 4.79 Å². The van der Waals surface area contributed by atoms with E-state index in [1.165, 1.54) is 12.8 Å². The second-order valence-electron chi connectivity index (χ2n) is 5.82. The molecule has 0 heterocycles. The predicted octanol–water partition coefficient (Wildman–Crippen LogP) is 3.13. The highest BCUT2D eigenvalue weighted by Crippen LogP contribution is 2.34. The van der Waals surface area contributed by atoms with Crippen molar-refractivity contribution in [3.05, 3.63) is 29.3 Å². The van der Waals surface area contributed by atoms with Gasteiger partial charge in [0.1, 0.15) is 0 Å². The molecule has 0 bridgehead atoms. The third-order valence-corrected chi connectivity index (χ3v) is 4.43. The SMILES string of the molecule is CCC1CCC(NC(=O)c2cc(C)cc(N)c2)C1C. The number of nitrogens with two attached hydrogens (primary N) is 1. The number of anilines is 1. The lowest BCUT2D eigenvalue weighted by Gasteiger charge is -2.21. The molecule has 3 heteroatoms. The largest absolute Gasteiger partial charge is 0.399 e. The van der Waals surface area contributed by atoms with E-state index in [1.54, 1.807) is 6.07 Å². The number of aryl methyl sites for hydroxylation is 1. The van der Waals surface area contributed by atoms with Gasteiger partial charge in [-0.05, 0) is 55.4 Å². The van der Waals surface area contributed by atoms with Gasteiger partial charge in [-0.15, -0.1) is 0 Å². The Labute approximate surface area is 115 Å². The fourth-order valence-corrected chi connectivity index (χ4v) is 3.22. The zero-order chi connectivity index (χ0) is 14.0. The van der Waals surface area contributed by atoms with Crippen LogP contribution in [0.5, 0.6) is 0 Å². The van der Waals surface area contributed by atoms with Crippen molar-refractivity contribution in [2.45, 2.75) is 46.1 Å². The maximum absolute atomic E-state index is 12.3. The van der Waals surface area contributed by atoms with Gasteiger partial charge >= 0.3 is 0 Å². The van der Waals surface area contributed by atoms with Crippen LogP contribution in [0.15, 0.2) is 18.2 Å². The van der Waals surface area contributed by atoms with Crippen molar-refractivity contribution in [2.75, 3.05) is 5.73 Å². The Morgan fingerprint density at radius 1 is 1.37 bits per heavy atom. The minimum absolute atomic E-state index is 0.00371.